The van der Waals surface area contributed by atoms with Crippen LogP contribution in [0.15, 0.2) is 15.1 Å². The molecule has 2 atom stereocenters. The van der Waals surface area contributed by atoms with Crippen LogP contribution in [-0.4, -0.2) is 10.2 Å². The molecule has 34 heavy (non-hydrogen) atoms. The van der Waals surface area contributed by atoms with Crippen LogP contribution in [0.25, 0.3) is 21.9 Å². The van der Waals surface area contributed by atoms with Crippen LogP contribution in [0.4, 0.5) is 0 Å². The highest BCUT2D eigenvalue weighted by atomic mass is 16.4. The first kappa shape index (κ1) is 21.6. The molecule has 2 N–H and O–H groups in total. The normalized spacial score (nSPS) is 20.1. The first-order valence-corrected chi connectivity index (χ1v) is 12.8. The van der Waals surface area contributed by atoms with Gasteiger partial charge in [-0.2, -0.15) is 0 Å². The molecular formula is C30H34O4. The fraction of sp³-hybridized carbons (Fsp3) is 0.467. The van der Waals surface area contributed by atoms with E-state index in [1.807, 2.05) is 6.92 Å². The number of phenolic OH excluding ortho intramolecular Hbond substituents is 2. The fourth-order valence-electron chi connectivity index (χ4n) is 7.12. The van der Waals surface area contributed by atoms with Gasteiger partial charge >= 0.3 is 0 Å². The average molecular weight is 459 g/mol. The predicted molar refractivity (Wildman–Crippen MR) is 135 cm³/mol. The molecule has 2 heterocycles. The molecule has 6 rings (SSSR count). The largest absolute Gasteiger partial charge is 0.504 e. The Hall–Kier alpha value is -2.88. The first-order chi connectivity index (χ1) is 16.3. The maximum absolute atomic E-state index is 11.3. The molecule has 4 aromatic rings. The van der Waals surface area contributed by atoms with Crippen molar-refractivity contribution < 1.29 is 19.0 Å². The second-order valence-corrected chi connectivity index (χ2v) is 10.8. The van der Waals surface area contributed by atoms with E-state index in [1.54, 1.807) is 6.26 Å². The van der Waals surface area contributed by atoms with Gasteiger partial charge in [-0.1, -0.05) is 13.8 Å². The highest BCUT2D eigenvalue weighted by Gasteiger charge is 2.31. The highest BCUT2D eigenvalue weighted by Crippen LogP contribution is 2.49. The van der Waals surface area contributed by atoms with E-state index in [1.165, 1.54) is 22.3 Å². The molecular weight excluding hydrogens is 424 g/mol. The Morgan fingerprint density at radius 2 is 1.44 bits per heavy atom. The molecule has 2 aliphatic rings. The van der Waals surface area contributed by atoms with E-state index in [0.717, 1.165) is 77.3 Å². The predicted octanol–water partition coefficient (Wildman–Crippen LogP) is 7.99. The van der Waals surface area contributed by atoms with Gasteiger partial charge in [0.05, 0.1) is 6.26 Å². The Kier molecular flexibility index (Phi) is 4.81. The van der Waals surface area contributed by atoms with Crippen molar-refractivity contribution in [2.45, 2.75) is 91.4 Å². The maximum atomic E-state index is 11.3. The Labute approximate surface area is 200 Å². The summed E-state index contributed by atoms with van der Waals surface area (Å²) in [5.41, 5.74) is 10.5. The van der Waals surface area contributed by atoms with E-state index in [2.05, 4.69) is 27.7 Å². The Bertz CT molecular complexity index is 1470. The molecule has 0 aliphatic heterocycles. The molecule has 0 saturated heterocycles. The third kappa shape index (κ3) is 2.84. The number of phenols is 2. The van der Waals surface area contributed by atoms with Gasteiger partial charge in [0.1, 0.15) is 5.76 Å². The van der Waals surface area contributed by atoms with Crippen molar-refractivity contribution in [3.63, 3.8) is 0 Å². The highest BCUT2D eigenvalue weighted by molar-refractivity contribution is 5.94. The Morgan fingerprint density at radius 1 is 0.824 bits per heavy atom. The van der Waals surface area contributed by atoms with Gasteiger partial charge in [-0.15, -0.1) is 0 Å². The fourth-order valence-corrected chi connectivity index (χ4v) is 7.12. The van der Waals surface area contributed by atoms with E-state index in [-0.39, 0.29) is 0 Å². The molecule has 4 nitrogen and oxygen atoms in total. The zero-order chi connectivity index (χ0) is 23.9. The second kappa shape index (κ2) is 7.56. The summed E-state index contributed by atoms with van der Waals surface area (Å²) in [5.74, 6) is 2.37. The van der Waals surface area contributed by atoms with Crippen LogP contribution in [0.3, 0.4) is 0 Å². The summed E-state index contributed by atoms with van der Waals surface area (Å²) >= 11 is 0. The van der Waals surface area contributed by atoms with Gasteiger partial charge in [0.2, 0.25) is 0 Å². The van der Waals surface area contributed by atoms with Crippen molar-refractivity contribution in [2.24, 2.45) is 0 Å². The van der Waals surface area contributed by atoms with Crippen LogP contribution in [0.1, 0.15) is 102 Å². The topological polar surface area (TPSA) is 66.7 Å². The molecule has 178 valence electrons. The smallest absolute Gasteiger partial charge is 0.176 e. The maximum Gasteiger partial charge on any atom is 0.176 e. The number of aryl methyl sites for hydroxylation is 3. The minimum Gasteiger partial charge on any atom is -0.504 e. The monoisotopic (exact) mass is 458 g/mol. The molecule has 2 aromatic heterocycles. The van der Waals surface area contributed by atoms with E-state index in [0.29, 0.717) is 40.9 Å². The number of hydrogen-bond donors (Lipinski definition) is 2. The molecule has 4 heteroatoms. The van der Waals surface area contributed by atoms with Gasteiger partial charge in [0.15, 0.2) is 22.7 Å². The summed E-state index contributed by atoms with van der Waals surface area (Å²) < 4.78 is 12.3. The third-order valence-electron chi connectivity index (χ3n) is 8.73. The summed E-state index contributed by atoms with van der Waals surface area (Å²) in [5, 5.41) is 24.4. The lowest BCUT2D eigenvalue weighted by atomic mass is 9.78. The average Bonchev–Trinajstić information content (AvgIpc) is 3.35. The van der Waals surface area contributed by atoms with Gasteiger partial charge < -0.3 is 19.0 Å². The van der Waals surface area contributed by atoms with Gasteiger partial charge in [-0.25, -0.2) is 0 Å². The lowest BCUT2D eigenvalue weighted by Gasteiger charge is -2.27. The van der Waals surface area contributed by atoms with Crippen molar-refractivity contribution in [1.29, 1.82) is 0 Å². The SMILES string of the molecule is Cc1coc2c(O)c3c(c(Cc4oc5c(O)c6c(c(C)c5c4C)[C@@H](C)CCC6)c12)[C@@H](C)CCC3. The van der Waals surface area contributed by atoms with Crippen molar-refractivity contribution in [1.82, 2.24) is 0 Å². The minimum absolute atomic E-state index is 0.310. The van der Waals surface area contributed by atoms with Crippen LogP contribution in [0.5, 0.6) is 11.5 Å². The number of hydrogen-bond acceptors (Lipinski definition) is 4. The quantitative estimate of drug-likeness (QED) is 0.319. The van der Waals surface area contributed by atoms with Gasteiger partial charge in [-0.05, 0) is 105 Å². The van der Waals surface area contributed by atoms with Crippen molar-refractivity contribution in [2.75, 3.05) is 0 Å². The molecule has 0 unspecified atom stereocenters. The summed E-state index contributed by atoms with van der Waals surface area (Å²) in [6.45, 7) is 10.9. The number of furan rings is 2. The van der Waals surface area contributed by atoms with Crippen molar-refractivity contribution in [3.8, 4) is 11.5 Å². The van der Waals surface area contributed by atoms with E-state index in [9.17, 15) is 10.2 Å². The zero-order valence-corrected chi connectivity index (χ0v) is 20.9. The van der Waals surface area contributed by atoms with Crippen LogP contribution in [-0.2, 0) is 19.3 Å². The number of fused-ring (bicyclic) bond motifs is 4. The Balaban J connectivity index is 1.61. The van der Waals surface area contributed by atoms with Crippen LogP contribution >= 0.6 is 0 Å². The minimum atomic E-state index is 0.310. The van der Waals surface area contributed by atoms with Crippen molar-refractivity contribution in [3.05, 3.63) is 56.5 Å². The summed E-state index contributed by atoms with van der Waals surface area (Å²) in [6, 6.07) is 0. The zero-order valence-electron chi connectivity index (χ0n) is 20.9. The molecule has 0 bridgehead atoms. The Morgan fingerprint density at radius 3 is 2.15 bits per heavy atom. The lowest BCUT2D eigenvalue weighted by Crippen LogP contribution is -2.12. The molecule has 0 radical (unpaired) electrons. The lowest BCUT2D eigenvalue weighted by molar-refractivity contribution is 0.443. The first-order valence-electron chi connectivity index (χ1n) is 12.8. The molecule has 2 aliphatic carbocycles. The van der Waals surface area contributed by atoms with Crippen molar-refractivity contribution >= 4 is 21.9 Å². The van der Waals surface area contributed by atoms with Gasteiger partial charge in [-0.3, -0.25) is 0 Å². The van der Waals surface area contributed by atoms with Gasteiger partial charge in [0, 0.05) is 28.3 Å². The molecule has 0 spiro atoms. The summed E-state index contributed by atoms with van der Waals surface area (Å²) in [6.07, 6.45) is 8.63. The standard InChI is InChI=1S/C30H34O4/c1-14-8-6-10-19-23(14)18(5)26-17(4)22(34-30(26)28(19)32)12-21-24-15(2)9-7-11-20(24)27(31)29-25(21)16(3)13-33-29/h13-15,31-32H,6-12H2,1-5H3/t14-,15-/m0/s1. The van der Waals surface area contributed by atoms with Crippen LogP contribution < -0.4 is 0 Å². The van der Waals surface area contributed by atoms with E-state index >= 15 is 0 Å². The van der Waals surface area contributed by atoms with Gasteiger partial charge in [0.25, 0.3) is 0 Å². The number of aromatic hydroxyl groups is 2. The summed E-state index contributed by atoms with van der Waals surface area (Å²) in [7, 11) is 0. The summed E-state index contributed by atoms with van der Waals surface area (Å²) in [4.78, 5) is 0. The molecule has 0 amide bonds. The second-order valence-electron chi connectivity index (χ2n) is 10.8. The molecule has 0 fully saturated rings. The van der Waals surface area contributed by atoms with Crippen LogP contribution in [0.2, 0.25) is 0 Å². The van der Waals surface area contributed by atoms with Crippen LogP contribution in [0, 0.1) is 20.8 Å². The van der Waals surface area contributed by atoms with E-state index in [4.69, 9.17) is 8.83 Å². The molecule has 0 saturated carbocycles. The number of rotatable bonds is 2. The number of benzene rings is 2. The molecule has 2 aromatic carbocycles. The third-order valence-corrected chi connectivity index (χ3v) is 8.73. The van der Waals surface area contributed by atoms with E-state index < -0.39 is 0 Å².